The van der Waals surface area contributed by atoms with Crippen LogP contribution >= 0.6 is 22.9 Å². The molecule has 0 atom stereocenters. The van der Waals surface area contributed by atoms with Gasteiger partial charge in [0.15, 0.2) is 11.4 Å². The van der Waals surface area contributed by atoms with Crippen LogP contribution in [0.15, 0.2) is 5.29 Å². The monoisotopic (exact) mass is 191 g/mol. The molecule has 1 aromatic heterocycles. The Morgan fingerprint density at radius 1 is 1.73 bits per heavy atom. The van der Waals surface area contributed by atoms with Gasteiger partial charge in [-0.1, -0.05) is 22.9 Å². The number of nitrogens with one attached hydrogen (secondary N) is 1. The fourth-order valence-corrected chi connectivity index (χ4v) is 1.37. The van der Waals surface area contributed by atoms with Gasteiger partial charge in [0.25, 0.3) is 0 Å². The van der Waals surface area contributed by atoms with E-state index < -0.39 is 0 Å². The number of nitroso groups, excluding NO2 is 1. The van der Waals surface area contributed by atoms with E-state index in [1.54, 1.807) is 0 Å². The Balaban J connectivity index is 2.94. The van der Waals surface area contributed by atoms with Gasteiger partial charge in [0.05, 0.1) is 5.29 Å². The van der Waals surface area contributed by atoms with Crippen LogP contribution in [0, 0.1) is 4.91 Å². The van der Waals surface area contributed by atoms with Crippen molar-refractivity contribution >= 4 is 34.4 Å². The Kier molecular flexibility index (Phi) is 2.50. The molecule has 0 radical (unpaired) electrons. The van der Waals surface area contributed by atoms with E-state index in [0.29, 0.717) is 6.29 Å². The molecule has 0 aliphatic rings. The first-order valence-electron chi connectivity index (χ1n) is 2.48. The van der Waals surface area contributed by atoms with E-state index in [-0.39, 0.29) is 15.2 Å². The Hall–Kier alpha value is -1.01. The highest BCUT2D eigenvalue weighted by Gasteiger charge is 2.06. The quantitative estimate of drug-likeness (QED) is 0.449. The summed E-state index contributed by atoms with van der Waals surface area (Å²) in [4.78, 5) is 23.7. The molecule has 1 heterocycles. The Morgan fingerprint density at radius 3 is 2.91 bits per heavy atom. The first kappa shape index (κ1) is 8.09. The number of aromatic nitrogens is 1. The van der Waals surface area contributed by atoms with Gasteiger partial charge in [-0.25, -0.2) is 10.4 Å². The Morgan fingerprint density at radius 2 is 2.45 bits per heavy atom. The van der Waals surface area contributed by atoms with Crippen LogP contribution in [0.25, 0.3) is 0 Å². The van der Waals surface area contributed by atoms with Crippen molar-refractivity contribution in [2.75, 3.05) is 5.43 Å². The molecule has 0 aliphatic carbocycles. The van der Waals surface area contributed by atoms with Crippen LogP contribution in [0.5, 0.6) is 0 Å². The number of anilines is 1. The lowest BCUT2D eigenvalue weighted by atomic mass is 10.6. The average Bonchev–Trinajstić information content (AvgIpc) is 2.32. The Labute approximate surface area is 70.3 Å². The summed E-state index contributed by atoms with van der Waals surface area (Å²) < 4.78 is 0. The third kappa shape index (κ3) is 1.72. The zero-order valence-corrected chi connectivity index (χ0v) is 6.65. The molecule has 0 saturated heterocycles. The second kappa shape index (κ2) is 3.40. The van der Waals surface area contributed by atoms with Gasteiger partial charge in [-0.2, -0.15) is 0 Å². The highest BCUT2D eigenvalue weighted by atomic mass is 35.5. The van der Waals surface area contributed by atoms with E-state index in [2.05, 4.69) is 10.3 Å². The van der Waals surface area contributed by atoms with Gasteiger partial charge in [-0.15, -0.1) is 4.91 Å². The van der Waals surface area contributed by atoms with Crippen LogP contribution in [-0.2, 0) is 0 Å². The molecule has 0 saturated carbocycles. The molecular formula is C4H2ClN3O2S. The van der Waals surface area contributed by atoms with Crippen molar-refractivity contribution in [2.45, 2.75) is 0 Å². The first-order valence-corrected chi connectivity index (χ1v) is 3.67. The molecule has 0 bridgehead atoms. The SMILES string of the molecule is O=Cc1sc(NN=O)nc1Cl. The summed E-state index contributed by atoms with van der Waals surface area (Å²) in [6.45, 7) is 0. The molecule has 58 valence electrons. The fraction of sp³-hybridized carbons (Fsp3) is 0. The summed E-state index contributed by atoms with van der Waals surface area (Å²) in [7, 11) is 0. The maximum absolute atomic E-state index is 10.2. The number of nitrogens with zero attached hydrogens (tertiary/aromatic N) is 2. The molecule has 0 unspecified atom stereocenters. The van der Waals surface area contributed by atoms with E-state index in [0.717, 1.165) is 11.3 Å². The van der Waals surface area contributed by atoms with E-state index in [4.69, 9.17) is 11.6 Å². The van der Waals surface area contributed by atoms with Crippen molar-refractivity contribution in [3.8, 4) is 0 Å². The Bertz CT molecular complexity index is 287. The van der Waals surface area contributed by atoms with Gasteiger partial charge in [0, 0.05) is 0 Å². The summed E-state index contributed by atoms with van der Waals surface area (Å²) in [6, 6.07) is 0. The third-order valence-electron chi connectivity index (χ3n) is 0.858. The van der Waals surface area contributed by atoms with Gasteiger partial charge in [0.1, 0.15) is 4.88 Å². The molecule has 0 aromatic carbocycles. The average molecular weight is 192 g/mol. The van der Waals surface area contributed by atoms with Crippen molar-refractivity contribution in [2.24, 2.45) is 5.29 Å². The predicted molar refractivity (Wildman–Crippen MR) is 41.9 cm³/mol. The number of carbonyl (C=O) groups is 1. The normalized spacial score (nSPS) is 9.18. The second-order valence-corrected chi connectivity index (χ2v) is 2.88. The van der Waals surface area contributed by atoms with Crippen molar-refractivity contribution in [1.82, 2.24) is 4.98 Å². The number of halogens is 1. The standard InChI is InChI=1S/C4H2ClN3O2S/c5-3-2(1-9)11-4(6-3)7-8-10/h1H,(H,6,7,10). The zero-order valence-electron chi connectivity index (χ0n) is 5.07. The van der Waals surface area contributed by atoms with Crippen LogP contribution in [0.4, 0.5) is 5.13 Å². The largest absolute Gasteiger partial charge is 0.297 e. The lowest BCUT2D eigenvalue weighted by Crippen LogP contribution is -1.81. The first-order chi connectivity index (χ1) is 5.27. The topological polar surface area (TPSA) is 71.4 Å². The highest BCUT2D eigenvalue weighted by Crippen LogP contribution is 2.24. The molecule has 0 amide bonds. The van der Waals surface area contributed by atoms with Crippen LogP contribution in [0.2, 0.25) is 5.15 Å². The molecular weight excluding hydrogens is 190 g/mol. The van der Waals surface area contributed by atoms with Gasteiger partial charge < -0.3 is 0 Å². The van der Waals surface area contributed by atoms with E-state index in [1.165, 1.54) is 0 Å². The second-order valence-electron chi connectivity index (χ2n) is 1.50. The third-order valence-corrected chi connectivity index (χ3v) is 2.14. The summed E-state index contributed by atoms with van der Waals surface area (Å²) >= 11 is 6.43. The maximum atomic E-state index is 10.2. The molecule has 1 N–H and O–H groups in total. The summed E-state index contributed by atoms with van der Waals surface area (Å²) in [5.41, 5.74) is 2.04. The fourth-order valence-electron chi connectivity index (χ4n) is 0.473. The predicted octanol–water partition coefficient (Wildman–Crippen LogP) is 1.70. The zero-order chi connectivity index (χ0) is 8.27. The lowest BCUT2D eigenvalue weighted by Gasteiger charge is -1.81. The van der Waals surface area contributed by atoms with Crippen LogP contribution in [0.3, 0.4) is 0 Å². The van der Waals surface area contributed by atoms with Crippen molar-refractivity contribution in [3.05, 3.63) is 14.9 Å². The van der Waals surface area contributed by atoms with E-state index >= 15 is 0 Å². The number of thiazole rings is 1. The van der Waals surface area contributed by atoms with Crippen LogP contribution < -0.4 is 5.43 Å². The summed E-state index contributed by atoms with van der Waals surface area (Å²) in [5.74, 6) is 0. The number of hydrogen-bond acceptors (Lipinski definition) is 5. The lowest BCUT2D eigenvalue weighted by molar-refractivity contribution is 0.112. The molecule has 1 rings (SSSR count). The minimum atomic E-state index is 0.0798. The van der Waals surface area contributed by atoms with E-state index in [9.17, 15) is 9.70 Å². The van der Waals surface area contributed by atoms with Gasteiger partial charge in [-0.3, -0.25) is 4.79 Å². The van der Waals surface area contributed by atoms with Crippen molar-refractivity contribution < 1.29 is 4.79 Å². The van der Waals surface area contributed by atoms with Crippen LogP contribution in [-0.4, -0.2) is 11.3 Å². The molecule has 5 nitrogen and oxygen atoms in total. The van der Waals surface area contributed by atoms with Crippen LogP contribution in [0.1, 0.15) is 9.67 Å². The molecule has 0 aliphatic heterocycles. The number of aldehydes is 1. The maximum Gasteiger partial charge on any atom is 0.208 e. The number of hydrogen-bond donors (Lipinski definition) is 1. The minimum absolute atomic E-state index is 0.0798. The summed E-state index contributed by atoms with van der Waals surface area (Å²) in [5, 5.41) is 2.66. The molecule has 1 aromatic rings. The smallest absolute Gasteiger partial charge is 0.208 e. The van der Waals surface area contributed by atoms with Gasteiger partial charge >= 0.3 is 0 Å². The number of rotatable bonds is 3. The van der Waals surface area contributed by atoms with E-state index in [1.807, 2.05) is 5.43 Å². The number of carbonyl (C=O) groups excluding carboxylic acids is 1. The molecule has 11 heavy (non-hydrogen) atoms. The molecule has 0 fully saturated rings. The molecule has 0 spiro atoms. The highest BCUT2D eigenvalue weighted by molar-refractivity contribution is 7.17. The molecule has 7 heteroatoms. The summed E-state index contributed by atoms with van der Waals surface area (Å²) in [6.07, 6.45) is 0.565. The van der Waals surface area contributed by atoms with Crippen molar-refractivity contribution in [1.29, 1.82) is 0 Å². The van der Waals surface area contributed by atoms with Crippen molar-refractivity contribution in [3.63, 3.8) is 0 Å². The van der Waals surface area contributed by atoms with Gasteiger partial charge in [0.2, 0.25) is 5.13 Å². The minimum Gasteiger partial charge on any atom is -0.297 e. The van der Waals surface area contributed by atoms with Gasteiger partial charge in [-0.05, 0) is 0 Å².